The van der Waals surface area contributed by atoms with Crippen molar-refractivity contribution in [3.8, 4) is 5.75 Å². The van der Waals surface area contributed by atoms with E-state index in [2.05, 4.69) is 17.3 Å². The third-order valence-electron chi connectivity index (χ3n) is 5.74. The van der Waals surface area contributed by atoms with Crippen molar-refractivity contribution in [2.45, 2.75) is 38.3 Å². The third kappa shape index (κ3) is 7.40. The first kappa shape index (κ1) is 22.8. The maximum Gasteiger partial charge on any atom is 0.328 e. The molecule has 166 valence electrons. The van der Waals surface area contributed by atoms with Gasteiger partial charge in [-0.15, -0.1) is 0 Å². The Labute approximate surface area is 184 Å². The quantitative estimate of drug-likeness (QED) is 0.626. The summed E-state index contributed by atoms with van der Waals surface area (Å²) in [6.07, 6.45) is 2.85. The van der Waals surface area contributed by atoms with Crippen LogP contribution < -0.4 is 10.1 Å². The second kappa shape index (κ2) is 11.5. The van der Waals surface area contributed by atoms with Crippen LogP contribution in [0.4, 0.5) is 0 Å². The average molecular weight is 425 g/mol. The maximum atomic E-state index is 12.5. The minimum Gasteiger partial charge on any atom is -0.489 e. The number of carbonyl (C=O) groups is 2. The second-order valence-electron chi connectivity index (χ2n) is 8.22. The number of hydrogen-bond acceptors (Lipinski definition) is 5. The van der Waals surface area contributed by atoms with Crippen molar-refractivity contribution < 1.29 is 19.1 Å². The van der Waals surface area contributed by atoms with E-state index in [0.717, 1.165) is 42.8 Å². The van der Waals surface area contributed by atoms with Crippen molar-refractivity contribution in [1.29, 1.82) is 0 Å². The molecular formula is C25H32N2O4. The zero-order valence-corrected chi connectivity index (χ0v) is 18.4. The van der Waals surface area contributed by atoms with Gasteiger partial charge < -0.3 is 19.7 Å². The summed E-state index contributed by atoms with van der Waals surface area (Å²) in [6, 6.07) is 16.9. The minimum atomic E-state index is -0.695. The lowest BCUT2D eigenvalue weighted by molar-refractivity contribution is -0.145. The number of piperidine rings is 1. The molecule has 2 aromatic carbocycles. The van der Waals surface area contributed by atoms with Crippen molar-refractivity contribution in [2.24, 2.45) is 5.92 Å². The molecule has 6 heteroatoms. The van der Waals surface area contributed by atoms with Crippen molar-refractivity contribution in [3.05, 3.63) is 65.7 Å². The van der Waals surface area contributed by atoms with Crippen LogP contribution in [-0.2, 0) is 27.4 Å². The largest absolute Gasteiger partial charge is 0.489 e. The molecule has 0 saturated carbocycles. The summed E-state index contributed by atoms with van der Waals surface area (Å²) in [7, 11) is 3.44. The molecule has 1 unspecified atom stereocenters. The van der Waals surface area contributed by atoms with Gasteiger partial charge in [-0.3, -0.25) is 4.79 Å². The Morgan fingerprint density at radius 2 is 1.71 bits per heavy atom. The zero-order valence-electron chi connectivity index (χ0n) is 18.4. The molecule has 0 spiro atoms. The Balaban J connectivity index is 1.52. The number of rotatable bonds is 9. The van der Waals surface area contributed by atoms with E-state index in [0.29, 0.717) is 25.4 Å². The number of ether oxygens (including phenoxy) is 2. The Hall–Kier alpha value is -2.86. The van der Waals surface area contributed by atoms with Gasteiger partial charge in [0.2, 0.25) is 5.91 Å². The monoisotopic (exact) mass is 424 g/mol. The number of amides is 1. The lowest BCUT2D eigenvalue weighted by Crippen LogP contribution is -2.44. The van der Waals surface area contributed by atoms with Gasteiger partial charge in [0.15, 0.2) is 0 Å². The van der Waals surface area contributed by atoms with Gasteiger partial charge >= 0.3 is 5.97 Å². The van der Waals surface area contributed by atoms with E-state index in [4.69, 9.17) is 9.47 Å². The van der Waals surface area contributed by atoms with E-state index in [1.54, 1.807) is 0 Å². The van der Waals surface area contributed by atoms with Crippen LogP contribution in [0.3, 0.4) is 0 Å². The average Bonchev–Trinajstić information content (AvgIpc) is 2.80. The number of nitrogens with zero attached hydrogens (tertiary/aromatic N) is 1. The van der Waals surface area contributed by atoms with Crippen LogP contribution in [-0.4, -0.2) is 50.1 Å². The molecule has 1 fully saturated rings. The predicted molar refractivity (Wildman–Crippen MR) is 120 cm³/mol. The molecule has 1 atom stereocenters. The molecule has 1 saturated heterocycles. The molecule has 0 aromatic heterocycles. The standard InChI is InChI=1S/C25H32N2O4/c1-27-14-12-20(13-15-27)17-24(28)26-23(25(29)30-2)16-19-8-10-22(11-9-19)31-18-21-6-4-3-5-7-21/h3-11,20,23H,12-18H2,1-2H3,(H,26,28). The Morgan fingerprint density at radius 3 is 2.35 bits per heavy atom. The fraction of sp³-hybridized carbons (Fsp3) is 0.440. The second-order valence-corrected chi connectivity index (χ2v) is 8.22. The van der Waals surface area contributed by atoms with Crippen LogP contribution >= 0.6 is 0 Å². The molecule has 1 aliphatic rings. The van der Waals surface area contributed by atoms with Gasteiger partial charge in [0.05, 0.1) is 7.11 Å². The normalized spacial score (nSPS) is 15.8. The van der Waals surface area contributed by atoms with E-state index in [1.807, 2.05) is 54.6 Å². The van der Waals surface area contributed by atoms with Gasteiger partial charge in [-0.1, -0.05) is 42.5 Å². The summed E-state index contributed by atoms with van der Waals surface area (Å²) in [6.45, 7) is 2.52. The first-order valence-corrected chi connectivity index (χ1v) is 10.8. The zero-order chi connectivity index (χ0) is 22.1. The lowest BCUT2D eigenvalue weighted by Gasteiger charge is -2.28. The molecular weight excluding hydrogens is 392 g/mol. The number of likely N-dealkylation sites (tertiary alicyclic amines) is 1. The molecule has 1 aliphatic heterocycles. The van der Waals surface area contributed by atoms with Gasteiger partial charge in [0.25, 0.3) is 0 Å². The Morgan fingerprint density at radius 1 is 1.03 bits per heavy atom. The molecule has 2 aromatic rings. The minimum absolute atomic E-state index is 0.0900. The first-order valence-electron chi connectivity index (χ1n) is 10.8. The predicted octanol–water partition coefficient (Wildman–Crippen LogP) is 3.20. The van der Waals surface area contributed by atoms with Crippen LogP contribution in [0.5, 0.6) is 5.75 Å². The molecule has 0 radical (unpaired) electrons. The molecule has 1 N–H and O–H groups in total. The number of nitrogens with one attached hydrogen (secondary N) is 1. The van der Waals surface area contributed by atoms with Gasteiger partial charge in [-0.05, 0) is 62.2 Å². The van der Waals surface area contributed by atoms with Crippen LogP contribution in [0.15, 0.2) is 54.6 Å². The Kier molecular flexibility index (Phi) is 8.47. The van der Waals surface area contributed by atoms with Crippen molar-refractivity contribution in [1.82, 2.24) is 10.2 Å². The lowest BCUT2D eigenvalue weighted by atomic mass is 9.93. The molecule has 1 heterocycles. The smallest absolute Gasteiger partial charge is 0.328 e. The fourth-order valence-corrected chi connectivity index (χ4v) is 3.82. The summed E-state index contributed by atoms with van der Waals surface area (Å²) in [5.74, 6) is 0.609. The Bertz CT molecular complexity index is 830. The summed E-state index contributed by atoms with van der Waals surface area (Å²) in [5.41, 5.74) is 2.03. The number of carbonyl (C=O) groups excluding carboxylic acids is 2. The van der Waals surface area contributed by atoms with E-state index in [-0.39, 0.29) is 5.91 Å². The first-order chi connectivity index (χ1) is 15.0. The number of methoxy groups -OCH3 is 1. The highest BCUT2D eigenvalue weighted by molar-refractivity contribution is 5.84. The fourth-order valence-electron chi connectivity index (χ4n) is 3.82. The highest BCUT2D eigenvalue weighted by Gasteiger charge is 2.25. The maximum absolute atomic E-state index is 12.5. The molecule has 31 heavy (non-hydrogen) atoms. The van der Waals surface area contributed by atoms with Gasteiger partial charge in [-0.2, -0.15) is 0 Å². The van der Waals surface area contributed by atoms with Crippen LogP contribution in [0.25, 0.3) is 0 Å². The highest BCUT2D eigenvalue weighted by Crippen LogP contribution is 2.20. The summed E-state index contributed by atoms with van der Waals surface area (Å²) in [5, 5.41) is 2.88. The van der Waals surface area contributed by atoms with Gasteiger partial charge in [0, 0.05) is 12.8 Å². The van der Waals surface area contributed by atoms with Crippen LogP contribution in [0.2, 0.25) is 0 Å². The third-order valence-corrected chi connectivity index (χ3v) is 5.74. The van der Waals surface area contributed by atoms with E-state index in [1.165, 1.54) is 7.11 Å². The summed E-state index contributed by atoms with van der Waals surface area (Å²) < 4.78 is 10.7. The number of hydrogen-bond donors (Lipinski definition) is 1. The number of esters is 1. The molecule has 0 bridgehead atoms. The van der Waals surface area contributed by atoms with Gasteiger partial charge in [0.1, 0.15) is 18.4 Å². The summed E-state index contributed by atoms with van der Waals surface area (Å²) >= 11 is 0. The highest BCUT2D eigenvalue weighted by atomic mass is 16.5. The van der Waals surface area contributed by atoms with E-state index in [9.17, 15) is 9.59 Å². The molecule has 6 nitrogen and oxygen atoms in total. The molecule has 3 rings (SSSR count). The van der Waals surface area contributed by atoms with Crippen LogP contribution in [0.1, 0.15) is 30.4 Å². The molecule has 0 aliphatic carbocycles. The SMILES string of the molecule is COC(=O)C(Cc1ccc(OCc2ccccc2)cc1)NC(=O)CC1CCN(C)CC1. The van der Waals surface area contributed by atoms with Crippen LogP contribution in [0, 0.1) is 5.92 Å². The van der Waals surface area contributed by atoms with Crippen molar-refractivity contribution in [3.63, 3.8) is 0 Å². The van der Waals surface area contributed by atoms with Crippen molar-refractivity contribution >= 4 is 11.9 Å². The van der Waals surface area contributed by atoms with Crippen molar-refractivity contribution in [2.75, 3.05) is 27.2 Å². The number of benzene rings is 2. The van der Waals surface area contributed by atoms with E-state index >= 15 is 0 Å². The van der Waals surface area contributed by atoms with Gasteiger partial charge in [-0.25, -0.2) is 4.79 Å². The topological polar surface area (TPSA) is 67.9 Å². The van der Waals surface area contributed by atoms with E-state index < -0.39 is 12.0 Å². The summed E-state index contributed by atoms with van der Waals surface area (Å²) in [4.78, 5) is 27.1. The molecule has 1 amide bonds.